The van der Waals surface area contributed by atoms with Gasteiger partial charge in [-0.15, -0.1) is 11.3 Å². The molecule has 0 aromatic carbocycles. The van der Waals surface area contributed by atoms with Crippen LogP contribution in [0.5, 0.6) is 0 Å². The minimum Gasteiger partial charge on any atom is -0.312 e. The molecule has 114 valence electrons. The zero-order valence-corrected chi connectivity index (χ0v) is 14.4. The van der Waals surface area contributed by atoms with Crippen molar-refractivity contribution in [1.29, 1.82) is 0 Å². The van der Waals surface area contributed by atoms with Crippen molar-refractivity contribution in [1.82, 2.24) is 10.0 Å². The number of sulfonamides is 1. The summed E-state index contributed by atoms with van der Waals surface area (Å²) in [6, 6.07) is 3.58. The third kappa shape index (κ3) is 4.21. The van der Waals surface area contributed by atoms with Crippen molar-refractivity contribution in [3.05, 3.63) is 17.0 Å². The molecule has 1 aromatic rings. The molecule has 2 N–H and O–H groups in total. The van der Waals surface area contributed by atoms with Crippen LogP contribution < -0.4 is 10.0 Å². The third-order valence-electron chi connectivity index (χ3n) is 3.39. The lowest BCUT2D eigenvalue weighted by atomic mass is 10.1. The minimum atomic E-state index is -3.36. The molecule has 1 fully saturated rings. The lowest BCUT2D eigenvalue weighted by molar-refractivity contribution is 0.554. The first-order valence-corrected chi connectivity index (χ1v) is 10.2. The van der Waals surface area contributed by atoms with Gasteiger partial charge < -0.3 is 5.32 Å². The van der Waals surface area contributed by atoms with Gasteiger partial charge in [0.25, 0.3) is 0 Å². The molecule has 1 saturated heterocycles. The lowest BCUT2D eigenvalue weighted by Gasteiger charge is -2.22. The molecule has 0 bridgehead atoms. The fraction of sp³-hybridized carbons (Fsp3) is 0.692. The molecule has 1 atom stereocenters. The molecule has 1 aromatic heterocycles. The van der Waals surface area contributed by atoms with Crippen LogP contribution in [0.3, 0.4) is 0 Å². The Morgan fingerprint density at radius 3 is 2.85 bits per heavy atom. The van der Waals surface area contributed by atoms with Crippen LogP contribution in [0, 0.1) is 0 Å². The van der Waals surface area contributed by atoms with Crippen molar-refractivity contribution < 1.29 is 8.42 Å². The first-order valence-electron chi connectivity index (χ1n) is 6.88. The van der Waals surface area contributed by atoms with Crippen LogP contribution >= 0.6 is 23.1 Å². The van der Waals surface area contributed by atoms with E-state index in [0.717, 1.165) is 30.1 Å². The summed E-state index contributed by atoms with van der Waals surface area (Å²) < 4.78 is 27.8. The van der Waals surface area contributed by atoms with E-state index in [9.17, 15) is 8.42 Å². The van der Waals surface area contributed by atoms with Gasteiger partial charge in [-0.2, -0.15) is 11.8 Å². The molecular formula is C13H22N2O2S3. The van der Waals surface area contributed by atoms with Gasteiger partial charge in [-0.25, -0.2) is 13.1 Å². The zero-order valence-electron chi connectivity index (χ0n) is 11.9. The molecule has 0 spiro atoms. The average molecular weight is 335 g/mol. The van der Waals surface area contributed by atoms with Crippen LogP contribution in [-0.4, -0.2) is 32.0 Å². The van der Waals surface area contributed by atoms with Gasteiger partial charge in [-0.3, -0.25) is 0 Å². The second-order valence-electron chi connectivity index (χ2n) is 5.23. The van der Waals surface area contributed by atoms with Gasteiger partial charge in [-0.1, -0.05) is 6.92 Å². The van der Waals surface area contributed by atoms with Crippen LogP contribution in [0.4, 0.5) is 0 Å². The van der Waals surface area contributed by atoms with E-state index in [1.54, 1.807) is 6.07 Å². The average Bonchev–Trinajstić information content (AvgIpc) is 3.04. The summed E-state index contributed by atoms with van der Waals surface area (Å²) in [6.07, 6.45) is 2.25. The normalized spacial score (nSPS) is 23.3. The van der Waals surface area contributed by atoms with Gasteiger partial charge in [0.15, 0.2) is 0 Å². The van der Waals surface area contributed by atoms with Crippen LogP contribution in [0.25, 0.3) is 0 Å². The Labute approximate surface area is 129 Å². The fourth-order valence-corrected chi connectivity index (χ4v) is 6.02. The molecule has 7 heteroatoms. The summed E-state index contributed by atoms with van der Waals surface area (Å²) in [4.78, 5) is 1.05. The van der Waals surface area contributed by atoms with Gasteiger partial charge in [0, 0.05) is 22.7 Å². The number of thioether (sulfide) groups is 1. The predicted octanol–water partition coefficient (Wildman–Crippen LogP) is 2.42. The van der Waals surface area contributed by atoms with E-state index in [2.05, 4.69) is 17.0 Å². The first kappa shape index (κ1) is 16.3. The van der Waals surface area contributed by atoms with Crippen molar-refractivity contribution in [2.45, 2.75) is 42.2 Å². The maximum Gasteiger partial charge on any atom is 0.250 e. The highest BCUT2D eigenvalue weighted by Gasteiger charge is 2.31. The minimum absolute atomic E-state index is 0.0525. The van der Waals surface area contributed by atoms with Crippen molar-refractivity contribution >= 4 is 33.1 Å². The molecule has 0 radical (unpaired) electrons. The predicted molar refractivity (Wildman–Crippen MR) is 87.0 cm³/mol. The highest BCUT2D eigenvalue weighted by Crippen LogP contribution is 2.37. The van der Waals surface area contributed by atoms with Crippen molar-refractivity contribution in [3.63, 3.8) is 0 Å². The number of hydrogen-bond donors (Lipinski definition) is 2. The lowest BCUT2D eigenvalue weighted by Crippen LogP contribution is -2.36. The van der Waals surface area contributed by atoms with Gasteiger partial charge in [0.05, 0.1) is 0 Å². The van der Waals surface area contributed by atoms with E-state index in [-0.39, 0.29) is 4.75 Å². The molecule has 2 heterocycles. The van der Waals surface area contributed by atoms with E-state index in [1.165, 1.54) is 17.8 Å². The van der Waals surface area contributed by atoms with Crippen LogP contribution in [0.15, 0.2) is 16.3 Å². The Morgan fingerprint density at radius 1 is 1.40 bits per heavy atom. The smallest absolute Gasteiger partial charge is 0.250 e. The fourth-order valence-electron chi connectivity index (χ4n) is 2.14. The SMILES string of the molecule is CCNCc1ccc(S(=O)(=O)NCC2(C)CCCS2)s1. The second kappa shape index (κ2) is 6.79. The van der Waals surface area contributed by atoms with Crippen LogP contribution in [-0.2, 0) is 16.6 Å². The summed E-state index contributed by atoms with van der Waals surface area (Å²) in [5, 5.41) is 3.20. The molecule has 4 nitrogen and oxygen atoms in total. The molecule has 1 aliphatic heterocycles. The Hall–Kier alpha value is -0.0800. The maximum absolute atomic E-state index is 12.3. The summed E-state index contributed by atoms with van der Waals surface area (Å²) in [5.41, 5.74) is 0. The summed E-state index contributed by atoms with van der Waals surface area (Å²) >= 11 is 3.20. The largest absolute Gasteiger partial charge is 0.312 e. The first-order chi connectivity index (χ1) is 9.45. The van der Waals surface area contributed by atoms with Gasteiger partial charge in [0.2, 0.25) is 10.0 Å². The van der Waals surface area contributed by atoms with E-state index < -0.39 is 10.0 Å². The topological polar surface area (TPSA) is 58.2 Å². The standard InChI is InChI=1S/C13H22N2O2S3/c1-3-14-9-11-5-6-12(19-11)20(16,17)15-10-13(2)7-4-8-18-13/h5-6,14-15H,3-4,7-10H2,1-2H3. The van der Waals surface area contributed by atoms with Gasteiger partial charge >= 0.3 is 0 Å². The second-order valence-corrected chi connectivity index (χ2v) is 10.1. The summed E-state index contributed by atoms with van der Waals surface area (Å²) in [6.45, 7) is 6.30. The molecule has 0 saturated carbocycles. The number of hydrogen-bond acceptors (Lipinski definition) is 5. The van der Waals surface area contributed by atoms with Gasteiger partial charge in [-0.05, 0) is 44.2 Å². The Bertz CT molecular complexity index is 534. The monoisotopic (exact) mass is 334 g/mol. The van der Waals surface area contributed by atoms with Crippen LogP contribution in [0.2, 0.25) is 0 Å². The molecule has 2 rings (SSSR count). The quantitative estimate of drug-likeness (QED) is 0.804. The summed E-state index contributed by atoms with van der Waals surface area (Å²) in [5.74, 6) is 1.13. The Balaban J connectivity index is 1.97. The molecule has 0 amide bonds. The van der Waals surface area contributed by atoms with E-state index in [1.807, 2.05) is 24.8 Å². The van der Waals surface area contributed by atoms with E-state index in [4.69, 9.17) is 0 Å². The molecule has 1 unspecified atom stereocenters. The molecule has 20 heavy (non-hydrogen) atoms. The number of rotatable bonds is 7. The summed E-state index contributed by atoms with van der Waals surface area (Å²) in [7, 11) is -3.36. The number of thiophene rings is 1. The maximum atomic E-state index is 12.3. The van der Waals surface area contributed by atoms with E-state index >= 15 is 0 Å². The highest BCUT2D eigenvalue weighted by atomic mass is 32.2. The highest BCUT2D eigenvalue weighted by molar-refractivity contribution is 8.01. The van der Waals surface area contributed by atoms with Crippen molar-refractivity contribution in [2.24, 2.45) is 0 Å². The van der Waals surface area contributed by atoms with Crippen molar-refractivity contribution in [3.8, 4) is 0 Å². The molecular weight excluding hydrogens is 312 g/mol. The molecule has 1 aliphatic rings. The molecule has 0 aliphatic carbocycles. The Morgan fingerprint density at radius 2 is 2.20 bits per heavy atom. The third-order valence-corrected chi connectivity index (χ3v) is 7.90. The van der Waals surface area contributed by atoms with Crippen LogP contribution in [0.1, 0.15) is 31.6 Å². The van der Waals surface area contributed by atoms with Gasteiger partial charge in [0.1, 0.15) is 4.21 Å². The zero-order chi connectivity index (χ0) is 14.6. The number of nitrogens with one attached hydrogen (secondary N) is 2. The van der Waals surface area contributed by atoms with Crippen molar-refractivity contribution in [2.75, 3.05) is 18.8 Å². The van der Waals surface area contributed by atoms with E-state index in [0.29, 0.717) is 10.8 Å². The Kier molecular flexibility index (Phi) is 5.53.